The summed E-state index contributed by atoms with van der Waals surface area (Å²) >= 11 is 6.08. The Labute approximate surface area is 127 Å². The Bertz CT molecular complexity index is 658. The van der Waals surface area contributed by atoms with Crippen molar-refractivity contribution < 1.29 is 14.7 Å². The number of amides is 1. The second-order valence-corrected chi connectivity index (χ2v) is 5.62. The first kappa shape index (κ1) is 14.1. The normalized spacial score (nSPS) is 25.1. The third kappa shape index (κ3) is 1.88. The molecule has 0 bridgehead atoms. The lowest BCUT2D eigenvalue weighted by Crippen LogP contribution is -2.47. The van der Waals surface area contributed by atoms with Gasteiger partial charge in [-0.25, -0.2) is 9.80 Å². The van der Waals surface area contributed by atoms with Crippen molar-refractivity contribution in [2.24, 2.45) is 0 Å². The number of aliphatic carboxylic acids is 1. The van der Waals surface area contributed by atoms with Gasteiger partial charge in [-0.05, 0) is 24.1 Å². The maximum atomic E-state index is 11.9. The highest BCUT2D eigenvalue weighted by molar-refractivity contribution is 6.30. The molecule has 1 atom stereocenters. The molecule has 6 heteroatoms. The smallest absolute Gasteiger partial charge is 0.335 e. The number of rotatable bonds is 3. The van der Waals surface area contributed by atoms with Gasteiger partial charge in [0, 0.05) is 24.2 Å². The van der Waals surface area contributed by atoms with Crippen molar-refractivity contribution in [1.29, 1.82) is 0 Å². The SMILES string of the molecule is CC[C@@]1(c2cccc(Cl)c2)C(C(=O)O)=CN2C(=O)CCN21. The van der Waals surface area contributed by atoms with E-state index < -0.39 is 11.5 Å². The number of carbonyl (C=O) groups is 2. The Kier molecular flexibility index (Phi) is 3.26. The minimum absolute atomic E-state index is 0.0777. The number of nitrogens with zero attached hydrogens (tertiary/aromatic N) is 2. The summed E-state index contributed by atoms with van der Waals surface area (Å²) in [5.74, 6) is -1.09. The number of hydrogen-bond donors (Lipinski definition) is 1. The molecule has 1 saturated heterocycles. The fourth-order valence-corrected chi connectivity index (χ4v) is 3.49. The summed E-state index contributed by atoms with van der Waals surface area (Å²) in [6.45, 7) is 2.43. The zero-order valence-electron chi connectivity index (χ0n) is 11.5. The van der Waals surface area contributed by atoms with Gasteiger partial charge >= 0.3 is 5.97 Å². The summed E-state index contributed by atoms with van der Waals surface area (Å²) in [6, 6.07) is 7.18. The van der Waals surface area contributed by atoms with E-state index >= 15 is 0 Å². The molecule has 1 N–H and O–H groups in total. The van der Waals surface area contributed by atoms with Crippen LogP contribution in [0, 0.1) is 0 Å². The molecule has 0 aromatic heterocycles. The van der Waals surface area contributed by atoms with Gasteiger partial charge in [0.1, 0.15) is 0 Å². The Hall–Kier alpha value is -1.85. The molecule has 0 radical (unpaired) electrons. The van der Waals surface area contributed by atoms with Gasteiger partial charge in [0.05, 0.1) is 11.1 Å². The van der Waals surface area contributed by atoms with Crippen molar-refractivity contribution in [3.05, 3.63) is 46.6 Å². The third-order valence-corrected chi connectivity index (χ3v) is 4.47. The minimum atomic E-state index is -1.01. The second-order valence-electron chi connectivity index (χ2n) is 5.18. The van der Waals surface area contributed by atoms with Crippen LogP contribution in [0.15, 0.2) is 36.0 Å². The molecule has 0 unspecified atom stereocenters. The van der Waals surface area contributed by atoms with E-state index in [1.165, 1.54) is 11.2 Å². The molecular formula is C15H15ClN2O3. The van der Waals surface area contributed by atoms with Gasteiger partial charge in [-0.2, -0.15) is 5.01 Å². The summed E-state index contributed by atoms with van der Waals surface area (Å²) < 4.78 is 0. The van der Waals surface area contributed by atoms with E-state index in [0.29, 0.717) is 24.4 Å². The molecule has 1 aromatic rings. The van der Waals surface area contributed by atoms with E-state index in [1.54, 1.807) is 18.2 Å². The molecule has 2 aliphatic heterocycles. The van der Waals surface area contributed by atoms with Crippen molar-refractivity contribution in [2.45, 2.75) is 25.3 Å². The topological polar surface area (TPSA) is 60.9 Å². The van der Waals surface area contributed by atoms with E-state index in [4.69, 9.17) is 11.6 Å². The van der Waals surface area contributed by atoms with Gasteiger partial charge in [-0.3, -0.25) is 4.79 Å². The molecule has 0 spiro atoms. The van der Waals surface area contributed by atoms with Crippen LogP contribution in [-0.2, 0) is 15.1 Å². The molecule has 1 fully saturated rings. The molecule has 5 nitrogen and oxygen atoms in total. The Morgan fingerprint density at radius 2 is 2.24 bits per heavy atom. The molecule has 3 rings (SSSR count). The first-order chi connectivity index (χ1) is 10.0. The van der Waals surface area contributed by atoms with E-state index in [-0.39, 0.29) is 11.5 Å². The van der Waals surface area contributed by atoms with Crippen LogP contribution in [0.3, 0.4) is 0 Å². The highest BCUT2D eigenvalue weighted by atomic mass is 35.5. The average Bonchev–Trinajstić information content (AvgIpc) is 2.97. The van der Waals surface area contributed by atoms with Gasteiger partial charge in [0.15, 0.2) is 0 Å². The Balaban J connectivity index is 2.21. The van der Waals surface area contributed by atoms with E-state index in [1.807, 2.05) is 18.0 Å². The lowest BCUT2D eigenvalue weighted by atomic mass is 9.80. The molecule has 2 heterocycles. The van der Waals surface area contributed by atoms with Crippen molar-refractivity contribution in [2.75, 3.05) is 6.54 Å². The van der Waals surface area contributed by atoms with Crippen LogP contribution >= 0.6 is 11.6 Å². The van der Waals surface area contributed by atoms with E-state index in [0.717, 1.165) is 5.56 Å². The highest BCUT2D eigenvalue weighted by Crippen LogP contribution is 2.47. The van der Waals surface area contributed by atoms with Gasteiger partial charge in [0.25, 0.3) is 0 Å². The number of halogens is 1. The summed E-state index contributed by atoms with van der Waals surface area (Å²) in [7, 11) is 0. The van der Waals surface area contributed by atoms with Gasteiger partial charge in [0.2, 0.25) is 5.91 Å². The zero-order valence-corrected chi connectivity index (χ0v) is 12.3. The molecule has 1 aromatic carbocycles. The highest BCUT2D eigenvalue weighted by Gasteiger charge is 2.54. The quantitative estimate of drug-likeness (QED) is 0.931. The second kappa shape index (κ2) is 4.86. The number of fused-ring (bicyclic) bond motifs is 1. The zero-order chi connectivity index (χ0) is 15.2. The van der Waals surface area contributed by atoms with Crippen molar-refractivity contribution in [3.63, 3.8) is 0 Å². The molecule has 21 heavy (non-hydrogen) atoms. The molecular weight excluding hydrogens is 292 g/mol. The minimum Gasteiger partial charge on any atom is -0.478 e. The molecule has 2 aliphatic rings. The molecule has 0 saturated carbocycles. The van der Waals surface area contributed by atoms with Crippen LogP contribution in [0.25, 0.3) is 0 Å². The Morgan fingerprint density at radius 1 is 1.48 bits per heavy atom. The van der Waals surface area contributed by atoms with Gasteiger partial charge in [-0.15, -0.1) is 0 Å². The lowest BCUT2D eigenvalue weighted by Gasteiger charge is -2.39. The third-order valence-electron chi connectivity index (χ3n) is 4.23. The Morgan fingerprint density at radius 3 is 2.86 bits per heavy atom. The van der Waals surface area contributed by atoms with Crippen LogP contribution in [-0.4, -0.2) is 33.5 Å². The fraction of sp³-hybridized carbons (Fsp3) is 0.333. The van der Waals surface area contributed by atoms with Crippen LogP contribution < -0.4 is 0 Å². The molecule has 1 amide bonds. The van der Waals surface area contributed by atoms with E-state index in [9.17, 15) is 14.7 Å². The summed E-state index contributed by atoms with van der Waals surface area (Å²) in [5.41, 5.74) is 0.159. The number of carboxylic acids is 1. The van der Waals surface area contributed by atoms with Crippen molar-refractivity contribution in [1.82, 2.24) is 10.0 Å². The van der Waals surface area contributed by atoms with Crippen LogP contribution in [0.4, 0.5) is 0 Å². The number of carbonyl (C=O) groups excluding carboxylic acids is 1. The largest absolute Gasteiger partial charge is 0.478 e. The number of benzene rings is 1. The van der Waals surface area contributed by atoms with Crippen LogP contribution in [0.2, 0.25) is 5.02 Å². The predicted octanol–water partition coefficient (Wildman–Crippen LogP) is 2.38. The summed E-state index contributed by atoms with van der Waals surface area (Å²) in [4.78, 5) is 23.7. The monoisotopic (exact) mass is 306 g/mol. The lowest BCUT2D eigenvalue weighted by molar-refractivity contribution is -0.138. The number of hydrogen-bond acceptors (Lipinski definition) is 3. The summed E-state index contributed by atoms with van der Waals surface area (Å²) in [5, 5.41) is 13.4. The standard InChI is InChI=1S/C15H15ClN2O3/c1-2-15(10-4-3-5-11(16)8-10)12(14(20)21)9-17-13(19)6-7-18(15)17/h3-5,8-9H,2,6-7H2,1H3,(H,20,21)/t15-/m1/s1. The first-order valence-electron chi connectivity index (χ1n) is 6.82. The van der Waals surface area contributed by atoms with E-state index in [2.05, 4.69) is 0 Å². The maximum absolute atomic E-state index is 11.9. The van der Waals surface area contributed by atoms with Crippen LogP contribution in [0.5, 0.6) is 0 Å². The molecule has 0 aliphatic carbocycles. The van der Waals surface area contributed by atoms with Crippen LogP contribution in [0.1, 0.15) is 25.3 Å². The van der Waals surface area contributed by atoms with Crippen molar-refractivity contribution in [3.8, 4) is 0 Å². The first-order valence-corrected chi connectivity index (χ1v) is 7.19. The number of carboxylic acid groups (broad SMARTS) is 1. The molecule has 110 valence electrons. The number of hydrazine groups is 1. The maximum Gasteiger partial charge on any atom is 0.335 e. The van der Waals surface area contributed by atoms with Gasteiger partial charge < -0.3 is 5.11 Å². The summed E-state index contributed by atoms with van der Waals surface area (Å²) in [6.07, 6.45) is 2.38. The predicted molar refractivity (Wildman–Crippen MR) is 77.3 cm³/mol. The van der Waals surface area contributed by atoms with Gasteiger partial charge in [-0.1, -0.05) is 30.7 Å². The fourth-order valence-electron chi connectivity index (χ4n) is 3.30. The average molecular weight is 307 g/mol. The van der Waals surface area contributed by atoms with Crippen molar-refractivity contribution >= 4 is 23.5 Å².